The minimum absolute atomic E-state index is 0. The molecule has 0 radical (unpaired) electrons. The van der Waals surface area contributed by atoms with Crippen LogP contribution >= 0.6 is 0 Å². The van der Waals surface area contributed by atoms with Crippen LogP contribution in [0, 0.1) is 5.41 Å². The van der Waals surface area contributed by atoms with Gasteiger partial charge in [0.1, 0.15) is 0 Å². The second-order valence-corrected chi connectivity index (χ2v) is 3.33. The number of rotatable bonds is 1. The van der Waals surface area contributed by atoms with Gasteiger partial charge in [-0.2, -0.15) is 0 Å². The zero-order valence-electron chi connectivity index (χ0n) is 7.68. The van der Waals surface area contributed by atoms with E-state index in [2.05, 4.69) is 0 Å². The van der Waals surface area contributed by atoms with Gasteiger partial charge in [-0.15, -0.1) is 0 Å². The summed E-state index contributed by atoms with van der Waals surface area (Å²) >= 11 is 0. The minimum atomic E-state index is -0.820. The molecule has 0 aromatic heterocycles. The predicted molar refractivity (Wildman–Crippen MR) is 42.5 cm³/mol. The van der Waals surface area contributed by atoms with Crippen LogP contribution in [0.5, 0.6) is 0 Å². The maximum atomic E-state index is 9.22. The van der Waals surface area contributed by atoms with Crippen LogP contribution in [0.2, 0.25) is 0 Å². The number of nitrogens with one attached hydrogen (secondary N) is 1. The molecule has 4 heteroatoms. The van der Waals surface area contributed by atoms with Crippen molar-refractivity contribution in [2.75, 3.05) is 0 Å². The Morgan fingerprint density at radius 2 is 1.91 bits per heavy atom. The van der Waals surface area contributed by atoms with Gasteiger partial charge < -0.3 is 16.6 Å². The Hall–Kier alpha value is 1.10. The maximum absolute atomic E-state index is 9.22. The van der Waals surface area contributed by atoms with Crippen molar-refractivity contribution in [3.05, 3.63) is 17.6 Å². The normalized spacial score (nSPS) is 15.5. The van der Waals surface area contributed by atoms with Crippen molar-refractivity contribution in [1.29, 1.82) is 0 Å². The second kappa shape index (κ2) is 5.69. The van der Waals surface area contributed by atoms with E-state index in [0.717, 1.165) is 0 Å². The topological polar surface area (TPSA) is 70.0 Å². The molecule has 1 unspecified atom stereocenters. The average molecular weight is 182 g/mol. The molecule has 0 aliphatic rings. The Kier molecular flexibility index (Phi) is 7.56. The first kappa shape index (κ1) is 14.6. The third-order valence-electron chi connectivity index (χ3n) is 1.11. The first-order valence-electron chi connectivity index (χ1n) is 3.22. The third-order valence-corrected chi connectivity index (χ3v) is 1.11. The van der Waals surface area contributed by atoms with E-state index in [1.807, 2.05) is 20.8 Å². The van der Waals surface area contributed by atoms with Crippen molar-refractivity contribution in [3.63, 3.8) is 0 Å². The molecule has 1 atom stereocenters. The van der Waals surface area contributed by atoms with Crippen LogP contribution in [0.4, 0.5) is 0 Å². The van der Waals surface area contributed by atoms with Crippen LogP contribution in [0.3, 0.4) is 0 Å². The summed E-state index contributed by atoms with van der Waals surface area (Å²) in [5.74, 6) is 0.176. The van der Waals surface area contributed by atoms with E-state index >= 15 is 0 Å². The quantitative estimate of drug-likeness (QED) is 0.396. The van der Waals surface area contributed by atoms with E-state index in [-0.39, 0.29) is 62.6 Å². The molecule has 0 spiro atoms. The van der Waals surface area contributed by atoms with Gasteiger partial charge >= 0.3 is 51.4 Å². The van der Waals surface area contributed by atoms with Gasteiger partial charge in [0.15, 0.2) is 0 Å². The van der Waals surface area contributed by atoms with Gasteiger partial charge in [-0.3, -0.25) is 0 Å². The molecule has 0 aliphatic heterocycles. The van der Waals surface area contributed by atoms with Crippen LogP contribution < -0.4 is 57.1 Å². The first-order chi connectivity index (χ1) is 4.34. The maximum Gasteiger partial charge on any atom is 1.00 e. The zero-order chi connectivity index (χ0) is 8.36. The molecule has 0 saturated heterocycles. The molecule has 0 fully saturated rings. The molecule has 3 nitrogen and oxygen atoms in total. The standard InChI is InChI=1S/C7H15N2O.K/c1-7(2,3)5(10)4-6(8)9;/h4,6,8,10H,9H2,1-3H3;/q-1;+1/b5-4-;. The van der Waals surface area contributed by atoms with Crippen molar-refractivity contribution >= 4 is 0 Å². The molecule has 11 heavy (non-hydrogen) atoms. The summed E-state index contributed by atoms with van der Waals surface area (Å²) < 4.78 is 0. The summed E-state index contributed by atoms with van der Waals surface area (Å²) in [5.41, 5.74) is 11.8. The predicted octanol–water partition coefficient (Wildman–Crippen LogP) is -1.18. The summed E-state index contributed by atoms with van der Waals surface area (Å²) in [5, 5.41) is 9.22. The summed E-state index contributed by atoms with van der Waals surface area (Å²) in [4.78, 5) is 0. The van der Waals surface area contributed by atoms with E-state index in [9.17, 15) is 5.11 Å². The van der Waals surface area contributed by atoms with E-state index in [1.54, 1.807) is 0 Å². The Morgan fingerprint density at radius 3 is 2.00 bits per heavy atom. The largest absolute Gasteiger partial charge is 1.00 e. The number of aliphatic hydroxyl groups excluding tert-OH is 1. The Balaban J connectivity index is 0. The van der Waals surface area contributed by atoms with E-state index in [0.29, 0.717) is 0 Å². The molecule has 4 N–H and O–H groups in total. The fourth-order valence-electron chi connectivity index (χ4n) is 0.420. The minimum Gasteiger partial charge on any atom is -0.659 e. The summed E-state index contributed by atoms with van der Waals surface area (Å²) in [6.07, 6.45) is 0.513. The second-order valence-electron chi connectivity index (χ2n) is 3.33. The Bertz CT molecular complexity index is 138. The van der Waals surface area contributed by atoms with Crippen molar-refractivity contribution in [1.82, 2.24) is 0 Å². The van der Waals surface area contributed by atoms with Crippen molar-refractivity contribution < 1.29 is 56.5 Å². The van der Waals surface area contributed by atoms with Crippen molar-refractivity contribution in [2.45, 2.75) is 26.9 Å². The van der Waals surface area contributed by atoms with E-state index < -0.39 is 6.17 Å². The molecule has 0 rings (SSSR count). The molecule has 60 valence electrons. The fourth-order valence-corrected chi connectivity index (χ4v) is 0.420. The number of hydrogen-bond donors (Lipinski definition) is 2. The van der Waals surface area contributed by atoms with Gasteiger partial charge in [0.2, 0.25) is 0 Å². The molecule has 0 heterocycles. The zero-order valence-corrected chi connectivity index (χ0v) is 10.8. The van der Waals surface area contributed by atoms with Crippen LogP contribution in [-0.4, -0.2) is 11.3 Å². The van der Waals surface area contributed by atoms with Gasteiger partial charge in [-0.05, 0) is 0 Å². The van der Waals surface area contributed by atoms with Crippen LogP contribution in [0.25, 0.3) is 5.73 Å². The number of allylic oxidation sites excluding steroid dienone is 1. The van der Waals surface area contributed by atoms with Crippen LogP contribution in [0.1, 0.15) is 20.8 Å². The third kappa shape index (κ3) is 7.46. The smallest absolute Gasteiger partial charge is 0.659 e. The molecule has 0 bridgehead atoms. The SMILES string of the molecule is CC(C)(C)/C(O)=C/C([NH-])N.[K+]. The molecular weight excluding hydrogens is 167 g/mol. The Labute approximate surface area is 111 Å². The molecular formula is C7H15KN2O. The van der Waals surface area contributed by atoms with E-state index in [1.165, 1.54) is 6.08 Å². The van der Waals surface area contributed by atoms with Gasteiger partial charge in [0.05, 0.1) is 5.76 Å². The van der Waals surface area contributed by atoms with E-state index in [4.69, 9.17) is 11.5 Å². The van der Waals surface area contributed by atoms with Crippen LogP contribution in [0.15, 0.2) is 11.8 Å². The van der Waals surface area contributed by atoms with Gasteiger partial charge in [-0.25, -0.2) is 0 Å². The summed E-state index contributed by atoms with van der Waals surface area (Å²) in [6, 6.07) is 0. The van der Waals surface area contributed by atoms with Crippen molar-refractivity contribution in [3.8, 4) is 0 Å². The number of nitrogens with two attached hydrogens (primary N) is 1. The van der Waals surface area contributed by atoms with Gasteiger partial charge in [0.25, 0.3) is 0 Å². The first-order valence-corrected chi connectivity index (χ1v) is 3.22. The van der Waals surface area contributed by atoms with Gasteiger partial charge in [-0.1, -0.05) is 33.0 Å². The molecule has 0 aliphatic carbocycles. The summed E-state index contributed by atoms with van der Waals surface area (Å²) in [7, 11) is 0. The van der Waals surface area contributed by atoms with Crippen LogP contribution in [-0.2, 0) is 0 Å². The molecule has 0 aromatic rings. The monoisotopic (exact) mass is 182 g/mol. The fraction of sp³-hybridized carbons (Fsp3) is 0.714. The molecule has 0 saturated carbocycles. The molecule has 0 aromatic carbocycles. The molecule has 0 amide bonds. The number of aliphatic hydroxyl groups is 1. The number of hydrogen-bond acceptors (Lipinski definition) is 2. The summed E-state index contributed by atoms with van der Waals surface area (Å²) in [6.45, 7) is 5.59. The average Bonchev–Trinajstić information content (AvgIpc) is 1.60. The van der Waals surface area contributed by atoms with Gasteiger partial charge in [0, 0.05) is 5.41 Å². The van der Waals surface area contributed by atoms with Crippen molar-refractivity contribution in [2.24, 2.45) is 11.1 Å². The Morgan fingerprint density at radius 1 is 1.55 bits per heavy atom.